The van der Waals surface area contributed by atoms with Gasteiger partial charge in [0.25, 0.3) is 0 Å². The van der Waals surface area contributed by atoms with Crippen molar-refractivity contribution in [3.05, 3.63) is 29.8 Å². The number of aldehydes is 1. The molecular formula is C39H68O15. The maximum atomic E-state index is 11.6. The number of carbonyl (C=O) groups excluding carboxylic acids is 2. The predicted octanol–water partition coefficient (Wildman–Crippen LogP) is 3.96. The van der Waals surface area contributed by atoms with Crippen molar-refractivity contribution in [3.63, 3.8) is 0 Å². The van der Waals surface area contributed by atoms with Crippen molar-refractivity contribution in [1.82, 2.24) is 0 Å². The Labute approximate surface area is 322 Å². The van der Waals surface area contributed by atoms with Crippen molar-refractivity contribution in [2.24, 2.45) is 0 Å². The highest BCUT2D eigenvalue weighted by atomic mass is 16.6. The molecule has 0 aliphatic carbocycles. The summed E-state index contributed by atoms with van der Waals surface area (Å²) in [5, 5.41) is 0. The van der Waals surface area contributed by atoms with E-state index in [4.69, 9.17) is 61.6 Å². The zero-order valence-electron chi connectivity index (χ0n) is 32.7. The van der Waals surface area contributed by atoms with Gasteiger partial charge < -0.3 is 61.6 Å². The third-order valence-corrected chi connectivity index (χ3v) is 7.21. The topological polar surface area (TPSA) is 154 Å². The second-order valence-corrected chi connectivity index (χ2v) is 11.7. The monoisotopic (exact) mass is 776 g/mol. The number of unbranched alkanes of at least 4 members (excludes halogenated alkanes) is 4. The summed E-state index contributed by atoms with van der Waals surface area (Å²) in [7, 11) is 0. The Morgan fingerprint density at radius 2 is 0.741 bits per heavy atom. The normalized spacial score (nSPS) is 11.3. The zero-order valence-corrected chi connectivity index (χ0v) is 32.7. The summed E-state index contributed by atoms with van der Waals surface area (Å²) >= 11 is 0. The van der Waals surface area contributed by atoms with Gasteiger partial charge in [0.05, 0.1) is 145 Å². The molecule has 0 spiro atoms. The molecule has 15 nitrogen and oxygen atoms in total. The van der Waals surface area contributed by atoms with E-state index in [9.17, 15) is 9.59 Å². The van der Waals surface area contributed by atoms with Gasteiger partial charge in [-0.3, -0.25) is 9.59 Å². The van der Waals surface area contributed by atoms with Gasteiger partial charge >= 0.3 is 5.97 Å². The molecule has 0 saturated heterocycles. The van der Waals surface area contributed by atoms with Gasteiger partial charge in [0.2, 0.25) is 0 Å². The van der Waals surface area contributed by atoms with Gasteiger partial charge in [-0.25, -0.2) is 0 Å². The van der Waals surface area contributed by atoms with E-state index in [1.54, 1.807) is 24.3 Å². The van der Waals surface area contributed by atoms with Gasteiger partial charge in [0, 0.05) is 12.0 Å². The van der Waals surface area contributed by atoms with E-state index in [1.165, 1.54) is 19.3 Å². The Morgan fingerprint density at radius 3 is 1.07 bits per heavy atom. The average Bonchev–Trinajstić information content (AvgIpc) is 3.19. The fourth-order valence-corrected chi connectivity index (χ4v) is 4.32. The number of hydrogen-bond donors (Lipinski definition) is 0. The van der Waals surface area contributed by atoms with Gasteiger partial charge in [-0.05, 0) is 30.7 Å². The van der Waals surface area contributed by atoms with E-state index in [0.717, 1.165) is 19.1 Å². The summed E-state index contributed by atoms with van der Waals surface area (Å²) in [6, 6.07) is 6.93. The second kappa shape index (κ2) is 41.9. The lowest BCUT2D eigenvalue weighted by Crippen LogP contribution is -2.16. The van der Waals surface area contributed by atoms with E-state index < -0.39 is 0 Å². The van der Waals surface area contributed by atoms with E-state index in [0.29, 0.717) is 170 Å². The maximum Gasteiger partial charge on any atom is 0.305 e. The molecule has 0 radical (unpaired) electrons. The van der Waals surface area contributed by atoms with Crippen LogP contribution in [-0.4, -0.2) is 171 Å². The van der Waals surface area contributed by atoms with E-state index in [2.05, 4.69) is 6.92 Å². The van der Waals surface area contributed by atoms with E-state index >= 15 is 0 Å². The summed E-state index contributed by atoms with van der Waals surface area (Å²) in [5.74, 6) is 0.550. The predicted molar refractivity (Wildman–Crippen MR) is 201 cm³/mol. The van der Waals surface area contributed by atoms with Gasteiger partial charge in [-0.1, -0.05) is 32.6 Å². The van der Waals surface area contributed by atoms with Gasteiger partial charge in [0.15, 0.2) is 0 Å². The number of hydrogen-bond acceptors (Lipinski definition) is 15. The van der Waals surface area contributed by atoms with Crippen molar-refractivity contribution in [1.29, 1.82) is 0 Å². The summed E-state index contributed by atoms with van der Waals surface area (Å²) in [5.41, 5.74) is 0.615. The molecule has 0 aliphatic rings. The highest BCUT2D eigenvalue weighted by Gasteiger charge is 2.03. The van der Waals surface area contributed by atoms with Crippen molar-refractivity contribution in [3.8, 4) is 5.75 Å². The number of benzene rings is 1. The first kappa shape index (κ1) is 49.7. The fourth-order valence-electron chi connectivity index (χ4n) is 4.32. The first-order valence-electron chi connectivity index (χ1n) is 19.4. The summed E-state index contributed by atoms with van der Waals surface area (Å²) < 4.78 is 70.9. The van der Waals surface area contributed by atoms with Crippen LogP contribution in [0.3, 0.4) is 0 Å². The molecule has 0 aromatic heterocycles. The largest absolute Gasteiger partial charge is 0.491 e. The van der Waals surface area contributed by atoms with Crippen molar-refractivity contribution in [2.45, 2.75) is 45.4 Å². The molecule has 1 aromatic rings. The zero-order chi connectivity index (χ0) is 38.7. The van der Waals surface area contributed by atoms with Crippen LogP contribution in [0.4, 0.5) is 0 Å². The maximum absolute atomic E-state index is 11.6. The lowest BCUT2D eigenvalue weighted by atomic mass is 10.1. The molecule has 0 bridgehead atoms. The van der Waals surface area contributed by atoms with E-state index in [-0.39, 0.29) is 12.6 Å². The Hall–Kier alpha value is -2.28. The number of ether oxygens (including phenoxy) is 13. The molecule has 0 N–H and O–H groups in total. The minimum absolute atomic E-state index is 0.151. The standard InChI is InChI=1S/C39H68O15/c1-2-3-4-5-6-7-39(41)54-35-33-52-31-29-50-27-25-48-23-21-46-19-17-44-15-13-42-12-14-43-16-18-45-20-22-47-24-26-49-28-30-51-32-34-53-38-10-8-37(36-40)9-11-38/h8-11,36H,2-7,12-35H2,1H3. The minimum atomic E-state index is -0.151. The van der Waals surface area contributed by atoms with Crippen LogP contribution < -0.4 is 4.74 Å². The van der Waals surface area contributed by atoms with Crippen LogP contribution in [0.25, 0.3) is 0 Å². The highest BCUT2D eigenvalue weighted by molar-refractivity contribution is 5.74. The Kier molecular flexibility index (Phi) is 38.6. The molecule has 0 saturated carbocycles. The lowest BCUT2D eigenvalue weighted by molar-refractivity contribution is -0.145. The number of esters is 1. The summed E-state index contributed by atoms with van der Waals surface area (Å²) in [6.45, 7) is 13.4. The Bertz CT molecular complexity index is 922. The van der Waals surface area contributed by atoms with Crippen LogP contribution in [0.15, 0.2) is 24.3 Å². The first-order chi connectivity index (χ1) is 26.8. The molecule has 15 heteroatoms. The van der Waals surface area contributed by atoms with Gasteiger partial charge in [0.1, 0.15) is 25.2 Å². The molecule has 0 aliphatic heterocycles. The fraction of sp³-hybridized carbons (Fsp3) is 0.795. The molecule has 0 atom stereocenters. The Morgan fingerprint density at radius 1 is 0.426 bits per heavy atom. The quantitative estimate of drug-likeness (QED) is 0.0533. The molecule has 0 heterocycles. The summed E-state index contributed by atoms with van der Waals surface area (Å²) in [4.78, 5) is 22.3. The third kappa shape index (κ3) is 36.7. The van der Waals surface area contributed by atoms with Crippen molar-refractivity contribution < 1.29 is 71.2 Å². The first-order valence-corrected chi connectivity index (χ1v) is 19.4. The van der Waals surface area contributed by atoms with Crippen LogP contribution >= 0.6 is 0 Å². The minimum Gasteiger partial charge on any atom is -0.491 e. The molecule has 0 amide bonds. The third-order valence-electron chi connectivity index (χ3n) is 7.21. The van der Waals surface area contributed by atoms with Crippen molar-refractivity contribution in [2.75, 3.05) is 159 Å². The van der Waals surface area contributed by atoms with Crippen LogP contribution in [-0.2, 0) is 61.6 Å². The van der Waals surface area contributed by atoms with E-state index in [1.807, 2.05) is 0 Å². The van der Waals surface area contributed by atoms with Crippen LogP contribution in [0.1, 0.15) is 55.8 Å². The van der Waals surface area contributed by atoms with Crippen LogP contribution in [0.5, 0.6) is 5.75 Å². The molecule has 54 heavy (non-hydrogen) atoms. The Balaban J connectivity index is 1.63. The van der Waals surface area contributed by atoms with Crippen LogP contribution in [0.2, 0.25) is 0 Å². The highest BCUT2D eigenvalue weighted by Crippen LogP contribution is 2.10. The average molecular weight is 777 g/mol. The summed E-state index contributed by atoms with van der Waals surface area (Å²) in [6.07, 6.45) is 6.85. The number of rotatable bonds is 44. The molecule has 314 valence electrons. The molecule has 0 unspecified atom stereocenters. The molecular weight excluding hydrogens is 708 g/mol. The molecule has 0 fully saturated rings. The smallest absolute Gasteiger partial charge is 0.305 e. The van der Waals surface area contributed by atoms with Gasteiger partial charge in [-0.15, -0.1) is 0 Å². The lowest BCUT2D eigenvalue weighted by Gasteiger charge is -2.09. The molecule has 1 aromatic carbocycles. The number of carbonyl (C=O) groups is 2. The SMILES string of the molecule is CCCCCCCC(=O)OCCOCCOCCOCCOCCOCCOCCOCCOCCOCCOCCOCCOc1ccc(C=O)cc1. The van der Waals surface area contributed by atoms with Crippen LogP contribution in [0, 0.1) is 0 Å². The van der Waals surface area contributed by atoms with Crippen molar-refractivity contribution >= 4 is 12.3 Å². The second-order valence-electron chi connectivity index (χ2n) is 11.7. The van der Waals surface area contributed by atoms with Gasteiger partial charge in [-0.2, -0.15) is 0 Å². The molecule has 1 rings (SSSR count).